The molecule has 1 aliphatic carbocycles. The number of nitrogens with one attached hydrogen (secondary N) is 1. The Kier molecular flexibility index (Phi) is 4.74. The summed E-state index contributed by atoms with van der Waals surface area (Å²) in [6.45, 7) is 4.42. The average Bonchev–Trinajstić information content (AvgIpc) is 2.14. The number of aliphatic hydroxyl groups is 1. The molecule has 1 fully saturated rings. The van der Waals surface area contributed by atoms with Crippen molar-refractivity contribution in [1.29, 1.82) is 0 Å². The van der Waals surface area contributed by atoms with Crippen LogP contribution >= 0.6 is 11.8 Å². The first kappa shape index (κ1) is 12.3. The molecule has 0 atom stereocenters. The predicted octanol–water partition coefficient (Wildman–Crippen LogP) is 2.02. The van der Waals surface area contributed by atoms with Gasteiger partial charge >= 0.3 is 0 Å². The molecule has 84 valence electrons. The van der Waals surface area contributed by atoms with E-state index in [1.807, 2.05) is 25.6 Å². The summed E-state index contributed by atoms with van der Waals surface area (Å²) in [5.41, 5.74) is -0.573. The topological polar surface area (TPSA) is 32.3 Å². The van der Waals surface area contributed by atoms with Crippen LogP contribution < -0.4 is 5.32 Å². The fraction of sp³-hybridized carbons (Fsp3) is 1.00. The summed E-state index contributed by atoms with van der Waals surface area (Å²) < 4.78 is 0. The molecule has 2 nitrogen and oxygen atoms in total. The van der Waals surface area contributed by atoms with E-state index in [0.29, 0.717) is 12.6 Å². The van der Waals surface area contributed by atoms with Gasteiger partial charge in [0.2, 0.25) is 0 Å². The number of rotatable bonds is 4. The molecule has 0 aromatic carbocycles. The fourth-order valence-corrected chi connectivity index (χ4v) is 2.64. The lowest BCUT2D eigenvalue weighted by Crippen LogP contribution is -2.42. The van der Waals surface area contributed by atoms with E-state index in [-0.39, 0.29) is 0 Å². The molecule has 0 radical (unpaired) electrons. The molecule has 0 amide bonds. The van der Waals surface area contributed by atoms with Crippen LogP contribution in [0.4, 0.5) is 0 Å². The van der Waals surface area contributed by atoms with Gasteiger partial charge in [-0.05, 0) is 45.8 Å². The average molecular weight is 217 g/mol. The lowest BCUT2D eigenvalue weighted by atomic mass is 9.94. The molecule has 1 rings (SSSR count). The van der Waals surface area contributed by atoms with Gasteiger partial charge in [0, 0.05) is 17.8 Å². The maximum atomic E-state index is 9.58. The van der Waals surface area contributed by atoms with E-state index in [2.05, 4.69) is 11.6 Å². The first-order chi connectivity index (χ1) is 6.51. The molecule has 1 aliphatic rings. The second kappa shape index (κ2) is 5.38. The number of hydrogen-bond acceptors (Lipinski definition) is 3. The zero-order chi connectivity index (χ0) is 10.6. The van der Waals surface area contributed by atoms with E-state index in [0.717, 1.165) is 5.25 Å². The van der Waals surface area contributed by atoms with Crippen molar-refractivity contribution in [3.8, 4) is 0 Å². The molecule has 1 saturated carbocycles. The highest BCUT2D eigenvalue weighted by molar-refractivity contribution is 7.99. The molecule has 0 unspecified atom stereocenters. The minimum atomic E-state index is -0.573. The standard InChI is InChI=1S/C11H23NOS/c1-11(2,13)8-12-9-4-6-10(14-3)7-5-9/h9-10,12-13H,4-8H2,1-3H3. The quantitative estimate of drug-likeness (QED) is 0.755. The fourth-order valence-electron chi connectivity index (χ4n) is 1.90. The molecule has 14 heavy (non-hydrogen) atoms. The van der Waals surface area contributed by atoms with Crippen molar-refractivity contribution in [2.45, 2.75) is 56.4 Å². The minimum absolute atomic E-state index is 0.573. The van der Waals surface area contributed by atoms with E-state index >= 15 is 0 Å². The SMILES string of the molecule is CSC1CCC(NCC(C)(C)O)CC1. The van der Waals surface area contributed by atoms with E-state index in [1.165, 1.54) is 25.7 Å². The van der Waals surface area contributed by atoms with Crippen molar-refractivity contribution in [1.82, 2.24) is 5.32 Å². The monoisotopic (exact) mass is 217 g/mol. The van der Waals surface area contributed by atoms with Gasteiger partial charge < -0.3 is 10.4 Å². The summed E-state index contributed by atoms with van der Waals surface area (Å²) in [7, 11) is 0. The van der Waals surface area contributed by atoms with Gasteiger partial charge in [-0.1, -0.05) is 0 Å². The lowest BCUT2D eigenvalue weighted by molar-refractivity contribution is 0.0747. The van der Waals surface area contributed by atoms with Crippen LogP contribution in [0.2, 0.25) is 0 Å². The third-order valence-electron chi connectivity index (χ3n) is 2.83. The first-order valence-electron chi connectivity index (χ1n) is 5.50. The van der Waals surface area contributed by atoms with Gasteiger partial charge in [0.1, 0.15) is 0 Å². The second-order valence-corrected chi connectivity index (χ2v) is 6.04. The Morgan fingerprint density at radius 2 is 1.86 bits per heavy atom. The van der Waals surface area contributed by atoms with Crippen LogP contribution in [0, 0.1) is 0 Å². The van der Waals surface area contributed by atoms with Crippen LogP contribution in [0.5, 0.6) is 0 Å². The van der Waals surface area contributed by atoms with Gasteiger partial charge in [-0.15, -0.1) is 0 Å². The molecular weight excluding hydrogens is 194 g/mol. The smallest absolute Gasteiger partial charge is 0.0715 e. The largest absolute Gasteiger partial charge is 0.389 e. The Hall–Kier alpha value is 0.270. The maximum Gasteiger partial charge on any atom is 0.0715 e. The van der Waals surface area contributed by atoms with Gasteiger partial charge in [0.05, 0.1) is 5.60 Å². The molecule has 0 spiro atoms. The Morgan fingerprint density at radius 1 is 1.29 bits per heavy atom. The lowest BCUT2D eigenvalue weighted by Gasteiger charge is -2.30. The van der Waals surface area contributed by atoms with Crippen LogP contribution in [0.3, 0.4) is 0 Å². The molecule has 2 N–H and O–H groups in total. The summed E-state index contributed by atoms with van der Waals surface area (Å²) >= 11 is 1.99. The molecule has 0 bridgehead atoms. The van der Waals surface area contributed by atoms with E-state index in [1.54, 1.807) is 0 Å². The van der Waals surface area contributed by atoms with Crippen molar-refractivity contribution < 1.29 is 5.11 Å². The highest BCUT2D eigenvalue weighted by atomic mass is 32.2. The Balaban J connectivity index is 2.16. The van der Waals surface area contributed by atoms with E-state index in [9.17, 15) is 5.11 Å². The van der Waals surface area contributed by atoms with E-state index < -0.39 is 5.60 Å². The molecular formula is C11H23NOS. The highest BCUT2D eigenvalue weighted by Gasteiger charge is 2.21. The van der Waals surface area contributed by atoms with E-state index in [4.69, 9.17) is 0 Å². The summed E-state index contributed by atoms with van der Waals surface area (Å²) in [5, 5.41) is 13.9. The number of hydrogen-bond donors (Lipinski definition) is 2. The van der Waals surface area contributed by atoms with Crippen molar-refractivity contribution in [3.63, 3.8) is 0 Å². The van der Waals surface area contributed by atoms with Gasteiger partial charge in [-0.25, -0.2) is 0 Å². The molecule has 0 aromatic heterocycles. The van der Waals surface area contributed by atoms with Crippen LogP contribution in [0.25, 0.3) is 0 Å². The number of thioether (sulfide) groups is 1. The molecule has 0 aliphatic heterocycles. The molecule has 0 heterocycles. The Labute approximate surface area is 91.9 Å². The zero-order valence-corrected chi connectivity index (χ0v) is 10.4. The van der Waals surface area contributed by atoms with Gasteiger partial charge in [0.25, 0.3) is 0 Å². The normalized spacial score (nSPS) is 29.1. The van der Waals surface area contributed by atoms with Gasteiger partial charge in [-0.3, -0.25) is 0 Å². The van der Waals surface area contributed by atoms with Crippen LogP contribution in [-0.4, -0.2) is 34.8 Å². The summed E-state index contributed by atoms with van der Waals surface area (Å²) in [5.74, 6) is 0. The van der Waals surface area contributed by atoms with Crippen LogP contribution in [0.1, 0.15) is 39.5 Å². The third kappa shape index (κ3) is 4.67. The summed E-state index contributed by atoms with van der Waals surface area (Å²) in [6.07, 6.45) is 7.38. The maximum absolute atomic E-state index is 9.58. The first-order valence-corrected chi connectivity index (χ1v) is 6.78. The summed E-state index contributed by atoms with van der Waals surface area (Å²) in [6, 6.07) is 0.629. The van der Waals surface area contributed by atoms with Crippen molar-refractivity contribution in [3.05, 3.63) is 0 Å². The highest BCUT2D eigenvalue weighted by Crippen LogP contribution is 2.26. The van der Waals surface area contributed by atoms with Crippen LogP contribution in [-0.2, 0) is 0 Å². The summed E-state index contributed by atoms with van der Waals surface area (Å²) in [4.78, 5) is 0. The molecule has 3 heteroatoms. The third-order valence-corrected chi connectivity index (χ3v) is 3.97. The molecule has 0 saturated heterocycles. The predicted molar refractivity (Wildman–Crippen MR) is 63.9 cm³/mol. The van der Waals surface area contributed by atoms with Gasteiger partial charge in [-0.2, -0.15) is 11.8 Å². The van der Waals surface area contributed by atoms with Crippen LogP contribution in [0.15, 0.2) is 0 Å². The Morgan fingerprint density at radius 3 is 2.29 bits per heavy atom. The van der Waals surface area contributed by atoms with Crippen molar-refractivity contribution in [2.24, 2.45) is 0 Å². The minimum Gasteiger partial charge on any atom is -0.389 e. The van der Waals surface area contributed by atoms with Crippen molar-refractivity contribution in [2.75, 3.05) is 12.8 Å². The Bertz CT molecular complexity index is 159. The van der Waals surface area contributed by atoms with Crippen molar-refractivity contribution >= 4 is 11.8 Å². The zero-order valence-electron chi connectivity index (χ0n) is 9.55. The molecule has 0 aromatic rings. The van der Waals surface area contributed by atoms with Gasteiger partial charge in [0.15, 0.2) is 0 Å². The second-order valence-electron chi connectivity index (χ2n) is 4.90.